The van der Waals surface area contributed by atoms with E-state index in [-0.39, 0.29) is 12.0 Å². The summed E-state index contributed by atoms with van der Waals surface area (Å²) in [5, 5.41) is 13.0. The van der Waals surface area contributed by atoms with Crippen LogP contribution >= 0.6 is 0 Å². The van der Waals surface area contributed by atoms with Gasteiger partial charge in [-0.25, -0.2) is 0 Å². The van der Waals surface area contributed by atoms with Gasteiger partial charge in [0.15, 0.2) is 0 Å². The van der Waals surface area contributed by atoms with Crippen LogP contribution in [0.25, 0.3) is 0 Å². The topological polar surface area (TPSA) is 52.6 Å². The van der Waals surface area contributed by atoms with Gasteiger partial charge >= 0.3 is 0 Å². The maximum absolute atomic E-state index is 13.1. The number of likely N-dealkylation sites (tertiary alicyclic amines) is 1. The average molecular weight is 274 g/mol. The van der Waals surface area contributed by atoms with Crippen molar-refractivity contribution in [2.75, 3.05) is 26.2 Å². The molecule has 0 spiro atoms. The minimum atomic E-state index is -0.406. The number of carbonyl (C=O) groups excluding carboxylic acids is 1. The highest BCUT2D eigenvalue weighted by Gasteiger charge is 2.44. The predicted octanol–water partition coefficient (Wildman–Crippen LogP) is 0.901. The third kappa shape index (κ3) is 2.34. The van der Waals surface area contributed by atoms with E-state index in [9.17, 15) is 9.90 Å². The average Bonchev–Trinajstić information content (AvgIpc) is 2.94. The van der Waals surface area contributed by atoms with Crippen LogP contribution in [0.3, 0.4) is 0 Å². The molecule has 3 rings (SSSR count). The third-order valence-electron chi connectivity index (χ3n) is 4.64. The van der Waals surface area contributed by atoms with Gasteiger partial charge in [0, 0.05) is 13.1 Å². The van der Waals surface area contributed by atoms with Crippen molar-refractivity contribution in [1.29, 1.82) is 0 Å². The number of hydrogen-bond donors (Lipinski definition) is 2. The molecule has 2 saturated heterocycles. The number of rotatable bonds is 2. The summed E-state index contributed by atoms with van der Waals surface area (Å²) >= 11 is 0. The Morgan fingerprint density at radius 3 is 2.55 bits per heavy atom. The minimum Gasteiger partial charge on any atom is -0.391 e. The monoisotopic (exact) mass is 274 g/mol. The molecule has 1 aromatic carbocycles. The van der Waals surface area contributed by atoms with E-state index in [1.54, 1.807) is 0 Å². The summed E-state index contributed by atoms with van der Waals surface area (Å²) in [5.74, 6) is 0.196. The number of carbonyl (C=O) groups is 1. The van der Waals surface area contributed by atoms with Crippen LogP contribution in [0.1, 0.15) is 24.8 Å². The van der Waals surface area contributed by atoms with E-state index >= 15 is 0 Å². The molecule has 108 valence electrons. The van der Waals surface area contributed by atoms with E-state index in [0.29, 0.717) is 19.5 Å². The lowest BCUT2D eigenvalue weighted by Gasteiger charge is -2.39. The minimum absolute atomic E-state index is 0.196. The Bertz CT molecular complexity index is 469. The largest absolute Gasteiger partial charge is 0.391 e. The number of nitrogens with zero attached hydrogens (tertiary/aromatic N) is 1. The van der Waals surface area contributed by atoms with Crippen LogP contribution in [-0.4, -0.2) is 48.2 Å². The van der Waals surface area contributed by atoms with Crippen LogP contribution in [0, 0.1) is 0 Å². The smallest absolute Gasteiger partial charge is 0.233 e. The summed E-state index contributed by atoms with van der Waals surface area (Å²) in [6.45, 7) is 2.91. The molecule has 1 amide bonds. The Balaban J connectivity index is 1.91. The first kappa shape index (κ1) is 13.6. The Hall–Kier alpha value is -1.39. The molecule has 2 fully saturated rings. The summed E-state index contributed by atoms with van der Waals surface area (Å²) in [6, 6.07) is 10.1. The Morgan fingerprint density at radius 1 is 1.25 bits per heavy atom. The fraction of sp³-hybridized carbons (Fsp3) is 0.562. The maximum atomic E-state index is 13.1. The lowest BCUT2D eigenvalue weighted by Crippen LogP contribution is -2.51. The molecule has 2 aliphatic heterocycles. The number of aliphatic hydroxyl groups is 1. The molecule has 2 heterocycles. The molecule has 1 atom stereocenters. The summed E-state index contributed by atoms with van der Waals surface area (Å²) in [4.78, 5) is 14.9. The Labute approximate surface area is 119 Å². The number of benzene rings is 1. The molecule has 4 heteroatoms. The van der Waals surface area contributed by atoms with Crippen molar-refractivity contribution >= 4 is 5.91 Å². The van der Waals surface area contributed by atoms with Crippen LogP contribution in [0.5, 0.6) is 0 Å². The van der Waals surface area contributed by atoms with E-state index < -0.39 is 5.41 Å². The highest BCUT2D eigenvalue weighted by Crippen LogP contribution is 2.36. The van der Waals surface area contributed by atoms with Crippen LogP contribution in [0.15, 0.2) is 30.3 Å². The molecule has 2 aliphatic rings. The van der Waals surface area contributed by atoms with Gasteiger partial charge in [-0.1, -0.05) is 30.3 Å². The fourth-order valence-electron chi connectivity index (χ4n) is 3.47. The lowest BCUT2D eigenvalue weighted by molar-refractivity contribution is -0.138. The summed E-state index contributed by atoms with van der Waals surface area (Å²) in [5.41, 5.74) is 0.712. The van der Waals surface area contributed by atoms with Gasteiger partial charge in [0.25, 0.3) is 0 Å². The Morgan fingerprint density at radius 2 is 1.95 bits per heavy atom. The molecule has 0 bridgehead atoms. The van der Waals surface area contributed by atoms with Gasteiger partial charge in [-0.2, -0.15) is 0 Å². The summed E-state index contributed by atoms with van der Waals surface area (Å²) in [7, 11) is 0. The molecular formula is C16H22N2O2. The number of nitrogens with one attached hydrogen (secondary N) is 1. The molecule has 0 aliphatic carbocycles. The van der Waals surface area contributed by atoms with Gasteiger partial charge in [0.05, 0.1) is 11.5 Å². The molecule has 20 heavy (non-hydrogen) atoms. The standard InChI is InChI=1S/C16H22N2O2/c19-14-6-11-18(12-14)15(20)16(7-9-17-10-8-16)13-4-2-1-3-5-13/h1-5,14,17,19H,6-12H2. The quantitative estimate of drug-likeness (QED) is 0.842. The molecule has 0 aromatic heterocycles. The molecule has 1 aromatic rings. The van der Waals surface area contributed by atoms with Gasteiger partial charge in [-0.05, 0) is 37.9 Å². The van der Waals surface area contributed by atoms with Gasteiger partial charge in [-0.3, -0.25) is 4.79 Å². The summed E-state index contributed by atoms with van der Waals surface area (Å²) < 4.78 is 0. The number of β-amino-alcohol motifs (C(OH)–C–C–N with tert-alkyl or cyclic N) is 1. The fourth-order valence-corrected chi connectivity index (χ4v) is 3.47. The molecular weight excluding hydrogens is 252 g/mol. The van der Waals surface area contributed by atoms with Crippen molar-refractivity contribution in [2.24, 2.45) is 0 Å². The second-order valence-electron chi connectivity index (χ2n) is 5.89. The highest BCUT2D eigenvalue weighted by molar-refractivity contribution is 5.88. The van der Waals surface area contributed by atoms with Crippen molar-refractivity contribution < 1.29 is 9.90 Å². The van der Waals surface area contributed by atoms with E-state index in [4.69, 9.17) is 0 Å². The van der Waals surface area contributed by atoms with Crippen LogP contribution in [0.2, 0.25) is 0 Å². The lowest BCUT2D eigenvalue weighted by atomic mass is 9.72. The zero-order valence-electron chi connectivity index (χ0n) is 11.7. The first-order chi connectivity index (χ1) is 9.72. The number of aliphatic hydroxyl groups excluding tert-OH is 1. The second kappa shape index (κ2) is 5.54. The van der Waals surface area contributed by atoms with E-state index in [1.165, 1.54) is 0 Å². The number of piperidine rings is 1. The van der Waals surface area contributed by atoms with E-state index in [2.05, 4.69) is 17.4 Å². The second-order valence-corrected chi connectivity index (χ2v) is 5.89. The van der Waals surface area contributed by atoms with Crippen molar-refractivity contribution in [1.82, 2.24) is 10.2 Å². The van der Waals surface area contributed by atoms with Gasteiger partial charge in [0.2, 0.25) is 5.91 Å². The van der Waals surface area contributed by atoms with Crippen molar-refractivity contribution in [3.63, 3.8) is 0 Å². The molecule has 0 radical (unpaired) electrons. The van der Waals surface area contributed by atoms with Gasteiger partial charge in [-0.15, -0.1) is 0 Å². The van der Waals surface area contributed by atoms with Crippen molar-refractivity contribution in [2.45, 2.75) is 30.8 Å². The van der Waals surface area contributed by atoms with Crippen LogP contribution < -0.4 is 5.32 Å². The highest BCUT2D eigenvalue weighted by atomic mass is 16.3. The zero-order chi connectivity index (χ0) is 14.0. The van der Waals surface area contributed by atoms with Gasteiger partial charge in [0.1, 0.15) is 0 Å². The zero-order valence-corrected chi connectivity index (χ0v) is 11.7. The third-order valence-corrected chi connectivity index (χ3v) is 4.64. The predicted molar refractivity (Wildman–Crippen MR) is 77.4 cm³/mol. The molecule has 1 unspecified atom stereocenters. The van der Waals surface area contributed by atoms with Gasteiger partial charge < -0.3 is 15.3 Å². The number of hydrogen-bond acceptors (Lipinski definition) is 3. The van der Waals surface area contributed by atoms with Crippen LogP contribution in [0.4, 0.5) is 0 Å². The SMILES string of the molecule is O=C(N1CCC(O)C1)C1(c2ccccc2)CCNCC1. The van der Waals surface area contributed by atoms with Crippen molar-refractivity contribution in [3.8, 4) is 0 Å². The molecule has 0 saturated carbocycles. The molecule has 4 nitrogen and oxygen atoms in total. The first-order valence-corrected chi connectivity index (χ1v) is 7.46. The first-order valence-electron chi connectivity index (χ1n) is 7.46. The number of amides is 1. The van der Waals surface area contributed by atoms with Crippen LogP contribution in [-0.2, 0) is 10.2 Å². The Kier molecular flexibility index (Phi) is 3.76. The van der Waals surface area contributed by atoms with E-state index in [0.717, 1.165) is 31.5 Å². The summed E-state index contributed by atoms with van der Waals surface area (Å²) in [6.07, 6.45) is 2.02. The van der Waals surface area contributed by atoms with E-state index in [1.807, 2.05) is 23.1 Å². The normalized spacial score (nSPS) is 25.6. The van der Waals surface area contributed by atoms with Crippen molar-refractivity contribution in [3.05, 3.63) is 35.9 Å². The maximum Gasteiger partial charge on any atom is 0.233 e. The molecule has 2 N–H and O–H groups in total.